The van der Waals surface area contributed by atoms with Gasteiger partial charge in [-0.25, -0.2) is 0 Å². The Kier molecular flexibility index (Phi) is 4.81. The number of hydrogen-bond donors (Lipinski definition) is 1. The summed E-state index contributed by atoms with van der Waals surface area (Å²) in [6.45, 7) is 8.04. The van der Waals surface area contributed by atoms with E-state index in [1.54, 1.807) is 0 Å². The third-order valence-electron chi connectivity index (χ3n) is 4.25. The van der Waals surface area contributed by atoms with Gasteiger partial charge in [0.15, 0.2) is 0 Å². The van der Waals surface area contributed by atoms with Crippen LogP contribution in [-0.2, 0) is 11.3 Å². The number of aryl methyl sites for hydroxylation is 2. The molecule has 1 fully saturated rings. The SMILES string of the molecule is Cc1ccc(CN(C)C(=O)C2CCNC(C)C2)c(C)c1. The monoisotopic (exact) mass is 274 g/mol. The van der Waals surface area contributed by atoms with Crippen LogP contribution in [0, 0.1) is 19.8 Å². The van der Waals surface area contributed by atoms with Crippen LogP contribution in [-0.4, -0.2) is 30.4 Å². The molecular weight excluding hydrogens is 248 g/mol. The van der Waals surface area contributed by atoms with Gasteiger partial charge in [-0.05, 0) is 51.3 Å². The zero-order chi connectivity index (χ0) is 14.7. The van der Waals surface area contributed by atoms with Gasteiger partial charge in [0.25, 0.3) is 0 Å². The highest BCUT2D eigenvalue weighted by molar-refractivity contribution is 5.78. The summed E-state index contributed by atoms with van der Waals surface area (Å²) in [5.41, 5.74) is 3.78. The Morgan fingerprint density at radius 1 is 1.40 bits per heavy atom. The van der Waals surface area contributed by atoms with Crippen molar-refractivity contribution < 1.29 is 4.79 Å². The number of hydrogen-bond acceptors (Lipinski definition) is 2. The zero-order valence-electron chi connectivity index (χ0n) is 13.1. The van der Waals surface area contributed by atoms with Crippen molar-refractivity contribution in [3.05, 3.63) is 34.9 Å². The molecule has 1 N–H and O–H groups in total. The molecule has 1 amide bonds. The molecule has 0 radical (unpaired) electrons. The summed E-state index contributed by atoms with van der Waals surface area (Å²) < 4.78 is 0. The van der Waals surface area contributed by atoms with E-state index in [4.69, 9.17) is 0 Å². The lowest BCUT2D eigenvalue weighted by Gasteiger charge is -2.30. The molecule has 3 nitrogen and oxygen atoms in total. The van der Waals surface area contributed by atoms with E-state index in [1.807, 2.05) is 11.9 Å². The fourth-order valence-electron chi connectivity index (χ4n) is 3.02. The van der Waals surface area contributed by atoms with E-state index in [2.05, 4.69) is 44.3 Å². The van der Waals surface area contributed by atoms with Crippen LogP contribution in [0.5, 0.6) is 0 Å². The summed E-state index contributed by atoms with van der Waals surface area (Å²) in [7, 11) is 1.92. The maximum absolute atomic E-state index is 12.5. The molecule has 1 aromatic carbocycles. The van der Waals surface area contributed by atoms with Crippen LogP contribution in [0.4, 0.5) is 0 Å². The van der Waals surface area contributed by atoms with Crippen LogP contribution in [0.25, 0.3) is 0 Å². The van der Waals surface area contributed by atoms with E-state index in [0.29, 0.717) is 18.5 Å². The molecule has 0 aliphatic carbocycles. The van der Waals surface area contributed by atoms with Crippen molar-refractivity contribution in [3.8, 4) is 0 Å². The van der Waals surface area contributed by atoms with Crippen LogP contribution in [0.1, 0.15) is 36.5 Å². The van der Waals surface area contributed by atoms with E-state index in [0.717, 1.165) is 19.4 Å². The molecular formula is C17H26N2O. The van der Waals surface area contributed by atoms with E-state index in [1.165, 1.54) is 16.7 Å². The van der Waals surface area contributed by atoms with E-state index >= 15 is 0 Å². The minimum Gasteiger partial charge on any atom is -0.341 e. The molecule has 1 saturated heterocycles. The number of rotatable bonds is 3. The molecule has 0 saturated carbocycles. The first-order valence-corrected chi connectivity index (χ1v) is 7.52. The molecule has 2 rings (SSSR count). The summed E-state index contributed by atoms with van der Waals surface area (Å²) in [5, 5.41) is 3.40. The normalized spacial score (nSPS) is 22.6. The Balaban J connectivity index is 2.00. The second kappa shape index (κ2) is 6.40. The molecule has 0 bridgehead atoms. The van der Waals surface area contributed by atoms with Crippen molar-refractivity contribution in [1.82, 2.24) is 10.2 Å². The molecule has 3 heteroatoms. The van der Waals surface area contributed by atoms with Crippen LogP contribution >= 0.6 is 0 Å². The standard InChI is InChI=1S/C17H26N2O/c1-12-5-6-16(13(2)9-12)11-19(4)17(20)15-7-8-18-14(3)10-15/h5-6,9,14-15,18H,7-8,10-11H2,1-4H3. The fraction of sp³-hybridized carbons (Fsp3) is 0.588. The maximum atomic E-state index is 12.5. The first-order chi connectivity index (χ1) is 9.47. The fourth-order valence-corrected chi connectivity index (χ4v) is 3.02. The number of piperidine rings is 1. The highest BCUT2D eigenvalue weighted by Crippen LogP contribution is 2.20. The summed E-state index contributed by atoms with van der Waals surface area (Å²) >= 11 is 0. The Labute approximate surface area is 122 Å². The minimum atomic E-state index is 0.182. The topological polar surface area (TPSA) is 32.3 Å². The van der Waals surface area contributed by atoms with E-state index < -0.39 is 0 Å². The number of benzene rings is 1. The van der Waals surface area contributed by atoms with Crippen LogP contribution in [0.3, 0.4) is 0 Å². The average Bonchev–Trinajstić information content (AvgIpc) is 2.41. The van der Waals surface area contributed by atoms with Gasteiger partial charge in [-0.3, -0.25) is 4.79 Å². The third kappa shape index (κ3) is 3.60. The van der Waals surface area contributed by atoms with Gasteiger partial charge in [0, 0.05) is 25.6 Å². The lowest BCUT2D eigenvalue weighted by Crippen LogP contribution is -2.42. The summed E-state index contributed by atoms with van der Waals surface area (Å²) in [5.74, 6) is 0.473. The molecule has 1 aliphatic rings. The van der Waals surface area contributed by atoms with Gasteiger partial charge in [-0.15, -0.1) is 0 Å². The van der Waals surface area contributed by atoms with Crippen molar-refractivity contribution in [2.24, 2.45) is 5.92 Å². The number of amides is 1. The van der Waals surface area contributed by atoms with Gasteiger partial charge in [0.05, 0.1) is 0 Å². The Hall–Kier alpha value is -1.35. The highest BCUT2D eigenvalue weighted by Gasteiger charge is 2.27. The first-order valence-electron chi connectivity index (χ1n) is 7.52. The highest BCUT2D eigenvalue weighted by atomic mass is 16.2. The smallest absolute Gasteiger partial charge is 0.225 e. The van der Waals surface area contributed by atoms with Gasteiger partial charge in [0.2, 0.25) is 5.91 Å². The molecule has 2 atom stereocenters. The largest absolute Gasteiger partial charge is 0.341 e. The molecule has 20 heavy (non-hydrogen) atoms. The number of carbonyl (C=O) groups excluding carboxylic acids is 1. The molecule has 2 unspecified atom stereocenters. The van der Waals surface area contributed by atoms with Crippen molar-refractivity contribution in [3.63, 3.8) is 0 Å². The van der Waals surface area contributed by atoms with Gasteiger partial charge in [-0.1, -0.05) is 23.8 Å². The average molecular weight is 274 g/mol. The van der Waals surface area contributed by atoms with Crippen LogP contribution < -0.4 is 5.32 Å². The van der Waals surface area contributed by atoms with Crippen LogP contribution in [0.15, 0.2) is 18.2 Å². The van der Waals surface area contributed by atoms with Crippen LogP contribution in [0.2, 0.25) is 0 Å². The lowest BCUT2D eigenvalue weighted by atomic mass is 9.92. The summed E-state index contributed by atoms with van der Waals surface area (Å²) in [6.07, 6.45) is 1.91. The minimum absolute atomic E-state index is 0.182. The molecule has 1 aromatic rings. The van der Waals surface area contributed by atoms with Crippen molar-refractivity contribution in [2.45, 2.75) is 46.2 Å². The zero-order valence-corrected chi connectivity index (χ0v) is 13.1. The predicted molar refractivity (Wildman–Crippen MR) is 82.6 cm³/mol. The number of nitrogens with zero attached hydrogens (tertiary/aromatic N) is 1. The molecule has 1 heterocycles. The number of carbonyl (C=O) groups is 1. The maximum Gasteiger partial charge on any atom is 0.225 e. The molecule has 0 spiro atoms. The molecule has 1 aliphatic heterocycles. The second-order valence-electron chi connectivity index (χ2n) is 6.20. The number of nitrogens with one attached hydrogen (secondary N) is 1. The van der Waals surface area contributed by atoms with Gasteiger partial charge < -0.3 is 10.2 Å². The van der Waals surface area contributed by atoms with Crippen molar-refractivity contribution in [1.29, 1.82) is 0 Å². The van der Waals surface area contributed by atoms with Gasteiger partial charge in [0.1, 0.15) is 0 Å². The second-order valence-corrected chi connectivity index (χ2v) is 6.20. The van der Waals surface area contributed by atoms with E-state index in [-0.39, 0.29) is 5.92 Å². The summed E-state index contributed by atoms with van der Waals surface area (Å²) in [4.78, 5) is 14.4. The van der Waals surface area contributed by atoms with E-state index in [9.17, 15) is 4.79 Å². The molecule has 0 aromatic heterocycles. The third-order valence-corrected chi connectivity index (χ3v) is 4.25. The van der Waals surface area contributed by atoms with Gasteiger partial charge >= 0.3 is 0 Å². The quantitative estimate of drug-likeness (QED) is 0.919. The summed E-state index contributed by atoms with van der Waals surface area (Å²) in [6, 6.07) is 6.89. The Morgan fingerprint density at radius 2 is 2.15 bits per heavy atom. The van der Waals surface area contributed by atoms with Crippen molar-refractivity contribution in [2.75, 3.05) is 13.6 Å². The predicted octanol–water partition coefficient (Wildman–Crippen LogP) is 2.65. The molecule has 110 valence electrons. The van der Waals surface area contributed by atoms with Crippen molar-refractivity contribution >= 4 is 5.91 Å². The first kappa shape index (κ1) is 15.0. The van der Waals surface area contributed by atoms with Gasteiger partial charge in [-0.2, -0.15) is 0 Å². The Bertz CT molecular complexity index is 484. The Morgan fingerprint density at radius 3 is 2.80 bits per heavy atom. The lowest BCUT2D eigenvalue weighted by molar-refractivity contribution is -0.135.